The minimum absolute atomic E-state index is 0. The average Bonchev–Trinajstić information content (AvgIpc) is 1.12. The van der Waals surface area contributed by atoms with E-state index in [1.807, 2.05) is 0 Å². The Morgan fingerprint density at radius 1 is 1.09 bits per heavy atom. The summed E-state index contributed by atoms with van der Waals surface area (Å²) in [7, 11) is -4.64. The summed E-state index contributed by atoms with van der Waals surface area (Å²) in [5.41, 5.74) is 0. The first kappa shape index (κ1) is 17.2. The van der Waals surface area contributed by atoms with Crippen molar-refractivity contribution in [1.82, 2.24) is 6.15 Å². The first-order valence-corrected chi connectivity index (χ1v) is 4.89. The first-order chi connectivity index (χ1) is 4.00. The number of hydrogen-bond acceptors (Lipinski definition) is 5. The molecule has 0 saturated carbocycles. The van der Waals surface area contributed by atoms with Gasteiger partial charge in [-0.25, -0.2) is 4.57 Å². The second-order valence-corrected chi connectivity index (χ2v) is 3.10. The Morgan fingerprint density at radius 2 is 1.09 bits per heavy atom. The Morgan fingerprint density at radius 3 is 1.09 bits per heavy atom. The summed E-state index contributed by atoms with van der Waals surface area (Å²) < 4.78 is 43.2. The van der Waals surface area contributed by atoms with Crippen LogP contribution in [0.1, 0.15) is 0 Å². The molecule has 72 valence electrons. The summed E-state index contributed by atoms with van der Waals surface area (Å²) in [5.74, 6) is 0. The van der Waals surface area contributed by atoms with Crippen LogP contribution in [0.5, 0.6) is 0 Å². The summed E-state index contributed by atoms with van der Waals surface area (Å²) >= 11 is -5.62. The van der Waals surface area contributed by atoms with Crippen molar-refractivity contribution in [2.45, 2.75) is 0 Å². The van der Waals surface area contributed by atoms with Crippen LogP contribution in [0.25, 0.3) is 0 Å². The van der Waals surface area contributed by atoms with Gasteiger partial charge in [-0.1, -0.05) is 0 Å². The van der Waals surface area contributed by atoms with Crippen LogP contribution in [0.15, 0.2) is 0 Å². The van der Waals surface area contributed by atoms with Gasteiger partial charge in [0, 0.05) is 0 Å². The standard InChI is InChI=1S/Mn.H3N.H3O4P.4O/c;;1-5(2,3)4;;;;/h;1H3;(H3,1,2,3,4);;;;/q;;;;;;-1/p+1. The molecule has 0 bridgehead atoms. The summed E-state index contributed by atoms with van der Waals surface area (Å²) in [4.78, 5) is 21.6. The predicted molar refractivity (Wildman–Crippen MR) is 22.3 cm³/mol. The van der Waals surface area contributed by atoms with Gasteiger partial charge in [-0.3, -0.25) is 0 Å². The fraction of sp³-hybridized carbons (Fsp3) is 0. The molecule has 0 amide bonds. The van der Waals surface area contributed by atoms with Crippen molar-refractivity contribution in [2.24, 2.45) is 0 Å². The second-order valence-electron chi connectivity index (χ2n) is 0.891. The Hall–Kier alpha value is -0.0505. The van der Waals surface area contributed by atoms with Gasteiger partial charge in [0.2, 0.25) is 0 Å². The molecule has 0 aliphatic rings. The van der Waals surface area contributed by atoms with Gasteiger partial charge in [0.1, 0.15) is 0 Å². The molecule has 7 N–H and O–H groups in total. The average molecular weight is 235 g/mol. The van der Waals surface area contributed by atoms with Crippen LogP contribution in [0.3, 0.4) is 0 Å². The summed E-state index contributed by atoms with van der Waals surface area (Å²) in [6, 6.07) is 0. The minimum atomic E-state index is -5.62. The van der Waals surface area contributed by atoms with Crippen LogP contribution in [0.2, 0.25) is 0 Å². The van der Waals surface area contributed by atoms with E-state index in [2.05, 4.69) is 0 Å². The normalized spacial score (nSPS) is 10.5. The first-order valence-electron chi connectivity index (χ1n) is 1.40. The van der Waals surface area contributed by atoms with Crippen molar-refractivity contribution < 1.29 is 47.9 Å². The van der Waals surface area contributed by atoms with E-state index >= 15 is 0 Å². The zero-order chi connectivity index (χ0) is 9.00. The Labute approximate surface area is 62.7 Å². The molecule has 0 fully saturated rings. The van der Waals surface area contributed by atoms with Crippen molar-refractivity contribution in [3.8, 4) is 0 Å². The van der Waals surface area contributed by atoms with Crippen LogP contribution in [0.4, 0.5) is 0 Å². The van der Waals surface area contributed by atoms with E-state index in [-0.39, 0.29) is 6.15 Å². The van der Waals surface area contributed by atoms with E-state index in [1.54, 1.807) is 0 Å². The molecule has 0 spiro atoms. The van der Waals surface area contributed by atoms with E-state index < -0.39 is 20.8 Å². The quantitative estimate of drug-likeness (QED) is 0.271. The molecular formula is H7MnNO8P. The molecule has 0 aliphatic heterocycles. The van der Waals surface area contributed by atoms with Crippen LogP contribution in [-0.2, 0) is 29.0 Å². The maximum absolute atomic E-state index is 8.88. The van der Waals surface area contributed by atoms with Gasteiger partial charge in [0.15, 0.2) is 0 Å². The molecule has 0 atom stereocenters. The molecule has 0 unspecified atom stereocenters. The summed E-state index contributed by atoms with van der Waals surface area (Å²) in [6.45, 7) is 0. The van der Waals surface area contributed by atoms with Crippen molar-refractivity contribution >= 4 is 7.82 Å². The molecular weight excluding hydrogens is 228 g/mol. The molecule has 0 saturated heterocycles. The third-order valence-corrected chi connectivity index (χ3v) is 0. The summed E-state index contributed by atoms with van der Waals surface area (Å²) in [5, 5.41) is 0. The molecule has 0 radical (unpaired) electrons. The zero-order valence-electron chi connectivity index (χ0n) is 5.21. The van der Waals surface area contributed by atoms with E-state index in [0.717, 1.165) is 0 Å². The predicted octanol–water partition coefficient (Wildman–Crippen LogP) is -2.10. The third-order valence-electron chi connectivity index (χ3n) is 0. The van der Waals surface area contributed by atoms with Crippen LogP contribution in [0, 0.1) is 0 Å². The molecule has 0 aliphatic carbocycles. The van der Waals surface area contributed by atoms with Gasteiger partial charge in [0.05, 0.1) is 0 Å². The van der Waals surface area contributed by atoms with Crippen LogP contribution >= 0.6 is 7.82 Å². The molecule has 9 nitrogen and oxygen atoms in total. The number of hydrogen-bond donors (Lipinski definition) is 4. The van der Waals surface area contributed by atoms with Crippen molar-refractivity contribution in [1.29, 1.82) is 0 Å². The van der Waals surface area contributed by atoms with Gasteiger partial charge in [0.25, 0.3) is 0 Å². The second kappa shape index (κ2) is 5.58. The van der Waals surface area contributed by atoms with Gasteiger partial charge < -0.3 is 20.8 Å². The molecule has 0 aromatic rings. The van der Waals surface area contributed by atoms with Gasteiger partial charge >= 0.3 is 36.5 Å². The van der Waals surface area contributed by atoms with Gasteiger partial charge in [-0.15, -0.1) is 0 Å². The Balaban J connectivity index is -0.000000107. The van der Waals surface area contributed by atoms with E-state index in [0.29, 0.717) is 0 Å². The molecule has 0 aromatic heterocycles. The molecule has 0 aromatic carbocycles. The maximum atomic E-state index is 8.88. The van der Waals surface area contributed by atoms with Crippen molar-refractivity contribution in [2.75, 3.05) is 0 Å². The van der Waals surface area contributed by atoms with Crippen molar-refractivity contribution in [3.05, 3.63) is 0 Å². The number of phosphoric acid groups is 1. The summed E-state index contributed by atoms with van der Waals surface area (Å²) in [6.07, 6.45) is 0. The number of rotatable bonds is 0. The Bertz CT molecular complexity index is 238. The molecule has 0 rings (SSSR count). The van der Waals surface area contributed by atoms with E-state index in [9.17, 15) is 0 Å². The van der Waals surface area contributed by atoms with Crippen LogP contribution in [-0.4, -0.2) is 14.7 Å². The zero-order valence-corrected chi connectivity index (χ0v) is 7.28. The van der Waals surface area contributed by atoms with E-state index in [4.69, 9.17) is 34.9 Å². The van der Waals surface area contributed by atoms with E-state index in [1.165, 1.54) is 0 Å². The van der Waals surface area contributed by atoms with Gasteiger partial charge in [-0.05, 0) is 0 Å². The third kappa shape index (κ3) is 246000. The fourth-order valence-corrected chi connectivity index (χ4v) is 0. The fourth-order valence-electron chi connectivity index (χ4n) is 0. The Kier molecular flexibility index (Phi) is 8.70. The van der Waals surface area contributed by atoms with Crippen molar-refractivity contribution in [3.63, 3.8) is 0 Å². The van der Waals surface area contributed by atoms with Gasteiger partial charge in [-0.2, -0.15) is 0 Å². The molecule has 0 heterocycles. The molecule has 11 heteroatoms. The topological polar surface area (TPSA) is 189 Å². The monoisotopic (exact) mass is 235 g/mol. The molecule has 11 heavy (non-hydrogen) atoms. The number of quaternary nitrogens is 1. The SMILES string of the molecule is O=P(O)(O)O.[NH4+].[O]=[Mn](=[O])(=[O])[O-]. The van der Waals surface area contributed by atoms with Crippen LogP contribution < -0.4 is 10.3 Å².